The minimum atomic E-state index is 0.832. The summed E-state index contributed by atoms with van der Waals surface area (Å²) in [6, 6.07) is 13.1. The molecule has 3 nitrogen and oxygen atoms in total. The standard InChI is InChI=1S/C19H26N2O/c1-3-4-10-21-18(20-11-13-22-14-12-20)15-16(2)19(21)17-8-6-5-7-9-17/h5-9,15H,3-4,10-14H2,1-2H3. The fraction of sp³-hybridized carbons (Fsp3) is 0.474. The maximum absolute atomic E-state index is 5.51. The van der Waals surface area contributed by atoms with Gasteiger partial charge in [-0.1, -0.05) is 43.7 Å². The Labute approximate surface area is 133 Å². The van der Waals surface area contributed by atoms with Crippen molar-refractivity contribution in [1.82, 2.24) is 4.57 Å². The second-order valence-electron chi connectivity index (χ2n) is 6.00. The molecule has 3 heteroatoms. The zero-order chi connectivity index (χ0) is 15.4. The highest BCUT2D eigenvalue weighted by molar-refractivity contribution is 5.69. The highest BCUT2D eigenvalue weighted by Gasteiger charge is 2.20. The lowest BCUT2D eigenvalue weighted by Crippen LogP contribution is -2.37. The number of rotatable bonds is 5. The number of unbranched alkanes of at least 4 members (excludes halogenated alkanes) is 1. The van der Waals surface area contributed by atoms with Gasteiger partial charge in [0.25, 0.3) is 0 Å². The number of benzene rings is 1. The molecule has 1 saturated heterocycles. The van der Waals surface area contributed by atoms with Crippen LogP contribution in [-0.2, 0) is 11.3 Å². The summed E-state index contributed by atoms with van der Waals surface area (Å²) in [7, 11) is 0. The molecule has 3 rings (SSSR count). The van der Waals surface area contributed by atoms with E-state index in [-0.39, 0.29) is 0 Å². The molecule has 1 fully saturated rings. The third kappa shape index (κ3) is 3.05. The minimum Gasteiger partial charge on any atom is -0.378 e. The highest BCUT2D eigenvalue weighted by Crippen LogP contribution is 2.32. The molecule has 0 N–H and O–H groups in total. The molecular formula is C19H26N2O. The maximum atomic E-state index is 5.51. The monoisotopic (exact) mass is 298 g/mol. The van der Waals surface area contributed by atoms with E-state index in [1.165, 1.54) is 35.5 Å². The van der Waals surface area contributed by atoms with Crippen molar-refractivity contribution in [3.8, 4) is 11.3 Å². The van der Waals surface area contributed by atoms with E-state index in [9.17, 15) is 0 Å². The van der Waals surface area contributed by atoms with Gasteiger partial charge in [-0.05, 0) is 30.5 Å². The molecule has 1 aliphatic heterocycles. The molecule has 1 aromatic carbocycles. The van der Waals surface area contributed by atoms with Crippen molar-refractivity contribution in [2.24, 2.45) is 0 Å². The Morgan fingerprint density at radius 2 is 1.82 bits per heavy atom. The predicted molar refractivity (Wildman–Crippen MR) is 92.5 cm³/mol. The van der Waals surface area contributed by atoms with Crippen LogP contribution >= 0.6 is 0 Å². The summed E-state index contributed by atoms with van der Waals surface area (Å²) in [4.78, 5) is 2.47. The number of hydrogen-bond acceptors (Lipinski definition) is 2. The van der Waals surface area contributed by atoms with Gasteiger partial charge in [0.1, 0.15) is 5.82 Å². The highest BCUT2D eigenvalue weighted by atomic mass is 16.5. The Kier molecular flexibility index (Phi) is 4.84. The molecular weight excluding hydrogens is 272 g/mol. The lowest BCUT2D eigenvalue weighted by atomic mass is 10.1. The van der Waals surface area contributed by atoms with E-state index < -0.39 is 0 Å². The molecule has 1 aromatic heterocycles. The number of aromatic nitrogens is 1. The molecule has 0 bridgehead atoms. The molecule has 0 spiro atoms. The Morgan fingerprint density at radius 3 is 2.50 bits per heavy atom. The molecule has 0 radical (unpaired) electrons. The topological polar surface area (TPSA) is 17.4 Å². The van der Waals surface area contributed by atoms with Crippen LogP contribution in [0.15, 0.2) is 36.4 Å². The Balaban J connectivity index is 2.02. The third-order valence-electron chi connectivity index (χ3n) is 4.38. The predicted octanol–water partition coefficient (Wildman–Crippen LogP) is 4.10. The summed E-state index contributed by atoms with van der Waals surface area (Å²) in [5.74, 6) is 1.35. The third-order valence-corrected chi connectivity index (χ3v) is 4.38. The van der Waals surface area contributed by atoms with Gasteiger partial charge in [-0.25, -0.2) is 0 Å². The zero-order valence-corrected chi connectivity index (χ0v) is 13.7. The average molecular weight is 298 g/mol. The molecule has 2 heterocycles. The van der Waals surface area contributed by atoms with Crippen molar-refractivity contribution >= 4 is 5.82 Å². The van der Waals surface area contributed by atoms with Crippen molar-refractivity contribution in [3.05, 3.63) is 42.0 Å². The number of ether oxygens (including phenoxy) is 1. The number of aryl methyl sites for hydroxylation is 1. The van der Waals surface area contributed by atoms with E-state index >= 15 is 0 Å². The number of nitrogens with zero attached hydrogens (tertiary/aromatic N) is 2. The van der Waals surface area contributed by atoms with Gasteiger partial charge in [0.2, 0.25) is 0 Å². The van der Waals surface area contributed by atoms with Crippen molar-refractivity contribution < 1.29 is 4.74 Å². The van der Waals surface area contributed by atoms with Gasteiger partial charge in [-0.15, -0.1) is 0 Å². The van der Waals surface area contributed by atoms with Crippen molar-refractivity contribution in [3.63, 3.8) is 0 Å². The van der Waals surface area contributed by atoms with Crippen LogP contribution in [0, 0.1) is 6.92 Å². The van der Waals surface area contributed by atoms with Crippen LogP contribution in [-0.4, -0.2) is 30.9 Å². The van der Waals surface area contributed by atoms with Crippen molar-refractivity contribution in [1.29, 1.82) is 0 Å². The summed E-state index contributed by atoms with van der Waals surface area (Å²) in [5, 5.41) is 0. The van der Waals surface area contributed by atoms with Gasteiger partial charge in [-0.2, -0.15) is 0 Å². The number of hydrogen-bond donors (Lipinski definition) is 0. The van der Waals surface area contributed by atoms with Crippen LogP contribution in [0.2, 0.25) is 0 Å². The van der Waals surface area contributed by atoms with Crippen molar-refractivity contribution in [2.45, 2.75) is 33.2 Å². The first kappa shape index (κ1) is 15.2. The summed E-state index contributed by atoms with van der Waals surface area (Å²) < 4.78 is 8.03. The van der Waals surface area contributed by atoms with Crippen LogP contribution in [0.3, 0.4) is 0 Å². The molecule has 118 valence electrons. The normalized spacial score (nSPS) is 15.3. The minimum absolute atomic E-state index is 0.832. The lowest BCUT2D eigenvalue weighted by Gasteiger charge is -2.30. The molecule has 2 aromatic rings. The SMILES string of the molecule is CCCCn1c(N2CCOCC2)cc(C)c1-c1ccccc1. The number of anilines is 1. The zero-order valence-electron chi connectivity index (χ0n) is 13.7. The van der Waals surface area contributed by atoms with Crippen LogP contribution < -0.4 is 4.90 Å². The Bertz CT molecular complexity index is 597. The molecule has 0 atom stereocenters. The van der Waals surface area contributed by atoms with Gasteiger partial charge >= 0.3 is 0 Å². The van der Waals surface area contributed by atoms with Crippen molar-refractivity contribution in [2.75, 3.05) is 31.2 Å². The van der Waals surface area contributed by atoms with Gasteiger partial charge in [0.05, 0.1) is 18.9 Å². The van der Waals surface area contributed by atoms with Gasteiger partial charge < -0.3 is 14.2 Å². The fourth-order valence-electron chi connectivity index (χ4n) is 3.24. The molecule has 22 heavy (non-hydrogen) atoms. The second-order valence-corrected chi connectivity index (χ2v) is 6.00. The quantitative estimate of drug-likeness (QED) is 0.827. The second kappa shape index (κ2) is 7.01. The number of morpholine rings is 1. The van der Waals surface area contributed by atoms with Crippen LogP contribution in [0.4, 0.5) is 5.82 Å². The maximum Gasteiger partial charge on any atom is 0.109 e. The Morgan fingerprint density at radius 1 is 1.09 bits per heavy atom. The molecule has 0 aliphatic carbocycles. The first-order chi connectivity index (χ1) is 10.8. The molecule has 1 aliphatic rings. The van der Waals surface area contributed by atoms with E-state index in [1.54, 1.807) is 0 Å². The molecule has 0 saturated carbocycles. The lowest BCUT2D eigenvalue weighted by molar-refractivity contribution is 0.122. The largest absolute Gasteiger partial charge is 0.378 e. The Hall–Kier alpha value is -1.74. The first-order valence-corrected chi connectivity index (χ1v) is 8.39. The summed E-state index contributed by atoms with van der Waals surface area (Å²) >= 11 is 0. The van der Waals surface area contributed by atoms with Gasteiger partial charge in [-0.3, -0.25) is 0 Å². The van der Waals surface area contributed by atoms with E-state index in [0.29, 0.717) is 0 Å². The van der Waals surface area contributed by atoms with Crippen LogP contribution in [0.25, 0.3) is 11.3 Å². The van der Waals surface area contributed by atoms with Gasteiger partial charge in [0, 0.05) is 19.6 Å². The molecule has 0 unspecified atom stereocenters. The average Bonchev–Trinajstić information content (AvgIpc) is 2.91. The first-order valence-electron chi connectivity index (χ1n) is 8.39. The fourth-order valence-corrected chi connectivity index (χ4v) is 3.24. The molecule has 0 amide bonds. The van der Waals surface area contributed by atoms with Crippen LogP contribution in [0.1, 0.15) is 25.3 Å². The van der Waals surface area contributed by atoms with E-state index in [0.717, 1.165) is 32.8 Å². The van der Waals surface area contributed by atoms with E-state index in [2.05, 4.69) is 59.7 Å². The van der Waals surface area contributed by atoms with E-state index in [4.69, 9.17) is 4.74 Å². The van der Waals surface area contributed by atoms with E-state index in [1.807, 2.05) is 0 Å². The van der Waals surface area contributed by atoms with Crippen LogP contribution in [0.5, 0.6) is 0 Å². The summed E-state index contributed by atoms with van der Waals surface area (Å²) in [5.41, 5.74) is 4.05. The summed E-state index contributed by atoms with van der Waals surface area (Å²) in [6.07, 6.45) is 2.43. The van der Waals surface area contributed by atoms with Gasteiger partial charge in [0.15, 0.2) is 0 Å². The summed E-state index contributed by atoms with van der Waals surface area (Å²) in [6.45, 7) is 9.22. The smallest absolute Gasteiger partial charge is 0.109 e.